The Bertz CT molecular complexity index is 826. The molecule has 0 atom stereocenters. The van der Waals surface area contributed by atoms with Crippen LogP contribution >= 0.6 is 23.1 Å². The molecule has 0 aromatic carbocycles. The Morgan fingerprint density at radius 3 is 2.83 bits per heavy atom. The fourth-order valence-corrected chi connectivity index (χ4v) is 3.72. The van der Waals surface area contributed by atoms with Gasteiger partial charge >= 0.3 is 0 Å². The van der Waals surface area contributed by atoms with Gasteiger partial charge in [0.25, 0.3) is 0 Å². The second-order valence-electron chi connectivity index (χ2n) is 4.62. The van der Waals surface area contributed by atoms with Gasteiger partial charge < -0.3 is 5.73 Å². The minimum Gasteiger partial charge on any atom is -0.368 e. The molecule has 0 saturated carbocycles. The number of aromatic nitrogens is 3. The summed E-state index contributed by atoms with van der Waals surface area (Å²) < 4.78 is 0. The van der Waals surface area contributed by atoms with E-state index >= 15 is 0 Å². The summed E-state index contributed by atoms with van der Waals surface area (Å²) >= 11 is 3.03. The van der Waals surface area contributed by atoms with Crippen LogP contribution in [0.1, 0.15) is 11.3 Å². The van der Waals surface area contributed by atoms with Crippen molar-refractivity contribution < 1.29 is 0 Å². The van der Waals surface area contributed by atoms with Gasteiger partial charge in [0.1, 0.15) is 22.4 Å². The maximum absolute atomic E-state index is 9.51. The monoisotopic (exact) mass is 339 g/mol. The molecule has 2 N–H and O–H groups in total. The molecular weight excluding hydrogens is 326 g/mol. The predicted molar refractivity (Wildman–Crippen MR) is 93.1 cm³/mol. The largest absolute Gasteiger partial charge is 0.368 e. The van der Waals surface area contributed by atoms with Gasteiger partial charge in [-0.2, -0.15) is 5.26 Å². The Kier molecular flexibility index (Phi) is 4.86. The number of hydrogen-bond donors (Lipinski definition) is 1. The number of aryl methyl sites for hydroxylation is 1. The maximum Gasteiger partial charge on any atom is 0.221 e. The number of thioether (sulfide) groups is 1. The van der Waals surface area contributed by atoms with Crippen molar-refractivity contribution in [1.29, 1.82) is 5.26 Å². The van der Waals surface area contributed by atoms with E-state index in [0.717, 1.165) is 22.7 Å². The van der Waals surface area contributed by atoms with E-state index in [0.29, 0.717) is 16.3 Å². The summed E-state index contributed by atoms with van der Waals surface area (Å²) in [5, 5.41) is 12.1. The molecule has 0 bridgehead atoms. The molecule has 0 unspecified atom stereocenters. The molecule has 0 aliphatic carbocycles. The van der Waals surface area contributed by atoms with Crippen LogP contribution in [0, 0.1) is 11.3 Å². The van der Waals surface area contributed by atoms with Crippen LogP contribution < -0.4 is 5.73 Å². The third kappa shape index (κ3) is 3.67. The van der Waals surface area contributed by atoms with Crippen LogP contribution in [0.15, 0.2) is 46.9 Å². The van der Waals surface area contributed by atoms with Crippen LogP contribution in [-0.4, -0.2) is 20.7 Å². The van der Waals surface area contributed by atoms with Gasteiger partial charge in [0.2, 0.25) is 5.95 Å². The number of anilines is 1. The summed E-state index contributed by atoms with van der Waals surface area (Å²) in [7, 11) is 0. The van der Waals surface area contributed by atoms with Gasteiger partial charge in [0, 0.05) is 17.6 Å². The lowest BCUT2D eigenvalue weighted by molar-refractivity contribution is 1.03. The van der Waals surface area contributed by atoms with Gasteiger partial charge in [-0.1, -0.05) is 12.1 Å². The highest BCUT2D eigenvalue weighted by atomic mass is 32.2. The molecule has 0 saturated heterocycles. The molecule has 0 fully saturated rings. The van der Waals surface area contributed by atoms with Crippen molar-refractivity contribution in [3.05, 3.63) is 53.2 Å². The number of thiophene rings is 1. The molecular formula is C16H13N5S2. The summed E-state index contributed by atoms with van der Waals surface area (Å²) in [5.74, 6) is 0.958. The number of nitrogens with two attached hydrogens (primary N) is 1. The van der Waals surface area contributed by atoms with Crippen molar-refractivity contribution in [3.63, 3.8) is 0 Å². The molecule has 0 radical (unpaired) electrons. The Balaban J connectivity index is 1.83. The van der Waals surface area contributed by atoms with E-state index < -0.39 is 0 Å². The lowest BCUT2D eigenvalue weighted by atomic mass is 10.2. The van der Waals surface area contributed by atoms with E-state index in [1.807, 2.05) is 35.7 Å². The number of nitriles is 1. The number of pyridine rings is 1. The number of nitrogens with zero attached hydrogens (tertiary/aromatic N) is 4. The van der Waals surface area contributed by atoms with Gasteiger partial charge in [-0.05, 0) is 30.0 Å². The number of hydrogen-bond acceptors (Lipinski definition) is 7. The van der Waals surface area contributed by atoms with Gasteiger partial charge in [-0.15, -0.1) is 23.1 Å². The molecule has 114 valence electrons. The first-order chi connectivity index (χ1) is 11.3. The van der Waals surface area contributed by atoms with Crippen molar-refractivity contribution in [2.75, 3.05) is 11.5 Å². The zero-order chi connectivity index (χ0) is 16.1. The molecule has 0 spiro atoms. The normalized spacial score (nSPS) is 10.4. The van der Waals surface area contributed by atoms with E-state index in [1.165, 1.54) is 23.1 Å². The third-order valence-corrected chi connectivity index (χ3v) is 4.94. The highest BCUT2D eigenvalue weighted by Crippen LogP contribution is 2.32. The Morgan fingerprint density at radius 2 is 2.13 bits per heavy atom. The minimum atomic E-state index is 0.188. The summed E-state index contributed by atoms with van der Waals surface area (Å²) in [6.45, 7) is 0. The van der Waals surface area contributed by atoms with Crippen molar-refractivity contribution in [2.24, 2.45) is 0 Å². The van der Waals surface area contributed by atoms with Crippen LogP contribution in [0.2, 0.25) is 0 Å². The molecule has 5 nitrogen and oxygen atoms in total. The number of rotatable bonds is 5. The molecule has 23 heavy (non-hydrogen) atoms. The maximum atomic E-state index is 9.51. The van der Waals surface area contributed by atoms with E-state index in [1.54, 1.807) is 6.20 Å². The second-order valence-corrected chi connectivity index (χ2v) is 6.65. The zero-order valence-electron chi connectivity index (χ0n) is 12.1. The van der Waals surface area contributed by atoms with Crippen LogP contribution in [0.5, 0.6) is 0 Å². The number of nitrogen functional groups attached to an aromatic ring is 1. The van der Waals surface area contributed by atoms with E-state index in [2.05, 4.69) is 21.0 Å². The lowest BCUT2D eigenvalue weighted by Crippen LogP contribution is -2.02. The quantitative estimate of drug-likeness (QED) is 0.566. The first-order valence-corrected chi connectivity index (χ1v) is 8.78. The topological polar surface area (TPSA) is 88.5 Å². The van der Waals surface area contributed by atoms with Crippen molar-refractivity contribution in [1.82, 2.24) is 15.0 Å². The molecule has 0 aliphatic heterocycles. The van der Waals surface area contributed by atoms with Gasteiger partial charge in [-0.25, -0.2) is 9.97 Å². The van der Waals surface area contributed by atoms with Crippen LogP contribution in [0.3, 0.4) is 0 Å². The highest BCUT2D eigenvalue weighted by molar-refractivity contribution is 7.99. The SMILES string of the molecule is N#Cc1c(SCCc2ccccn2)nc(N)nc1-c1cccs1. The van der Waals surface area contributed by atoms with Crippen molar-refractivity contribution in [3.8, 4) is 16.6 Å². The predicted octanol–water partition coefficient (Wildman–Crippen LogP) is 3.39. The van der Waals surface area contributed by atoms with Crippen LogP contribution in [0.25, 0.3) is 10.6 Å². The van der Waals surface area contributed by atoms with Crippen molar-refractivity contribution in [2.45, 2.75) is 11.4 Å². The minimum absolute atomic E-state index is 0.188. The summed E-state index contributed by atoms with van der Waals surface area (Å²) in [6, 6.07) is 11.9. The van der Waals surface area contributed by atoms with Gasteiger partial charge in [0.15, 0.2) is 0 Å². The Morgan fingerprint density at radius 1 is 1.22 bits per heavy atom. The van der Waals surface area contributed by atoms with Crippen molar-refractivity contribution >= 4 is 29.0 Å². The van der Waals surface area contributed by atoms with E-state index in [4.69, 9.17) is 5.73 Å². The van der Waals surface area contributed by atoms with Gasteiger partial charge in [0.05, 0.1) is 4.88 Å². The fraction of sp³-hybridized carbons (Fsp3) is 0.125. The summed E-state index contributed by atoms with van der Waals surface area (Å²) in [6.07, 6.45) is 2.58. The molecule has 3 aromatic heterocycles. The third-order valence-electron chi connectivity index (χ3n) is 3.08. The first kappa shape index (κ1) is 15.5. The smallest absolute Gasteiger partial charge is 0.221 e. The zero-order valence-corrected chi connectivity index (χ0v) is 13.8. The Hall–Kier alpha value is -2.43. The lowest BCUT2D eigenvalue weighted by Gasteiger charge is -2.08. The van der Waals surface area contributed by atoms with Crippen LogP contribution in [-0.2, 0) is 6.42 Å². The molecule has 7 heteroatoms. The fourth-order valence-electron chi connectivity index (χ4n) is 2.05. The molecule has 0 aliphatic rings. The first-order valence-electron chi connectivity index (χ1n) is 6.92. The average molecular weight is 339 g/mol. The molecule has 3 rings (SSSR count). The van der Waals surface area contributed by atoms with E-state index in [-0.39, 0.29) is 5.95 Å². The Labute approximate surface area is 142 Å². The average Bonchev–Trinajstić information content (AvgIpc) is 3.10. The molecule has 0 amide bonds. The second kappa shape index (κ2) is 7.22. The molecule has 3 heterocycles. The highest BCUT2D eigenvalue weighted by Gasteiger charge is 2.16. The van der Waals surface area contributed by atoms with Gasteiger partial charge in [-0.3, -0.25) is 4.98 Å². The van der Waals surface area contributed by atoms with E-state index in [9.17, 15) is 5.26 Å². The van der Waals surface area contributed by atoms with Crippen LogP contribution in [0.4, 0.5) is 5.95 Å². The molecule has 3 aromatic rings. The summed E-state index contributed by atoms with van der Waals surface area (Å²) in [4.78, 5) is 13.7. The summed E-state index contributed by atoms with van der Waals surface area (Å²) in [5.41, 5.74) is 7.92. The standard InChI is InChI=1S/C16H13N5S2/c17-10-12-14(13-5-3-8-22-13)20-16(18)21-15(12)23-9-6-11-4-1-2-7-19-11/h1-5,7-8H,6,9H2,(H2,18,20,21).